The van der Waals surface area contributed by atoms with Crippen LogP contribution in [-0.2, 0) is 14.8 Å². The first kappa shape index (κ1) is 22.7. The van der Waals surface area contributed by atoms with Gasteiger partial charge in [-0.25, -0.2) is 8.42 Å². The zero-order chi connectivity index (χ0) is 21.1. The molecule has 0 aliphatic heterocycles. The molecule has 0 saturated heterocycles. The van der Waals surface area contributed by atoms with E-state index in [0.717, 1.165) is 14.9 Å². The molecule has 0 aliphatic rings. The highest BCUT2D eigenvalue weighted by atomic mass is 35.5. The average Bonchev–Trinajstić information content (AvgIpc) is 2.99. The number of benzene rings is 1. The number of methoxy groups -OCH3 is 1. The van der Waals surface area contributed by atoms with Gasteiger partial charge in [0.1, 0.15) is 11.8 Å². The van der Waals surface area contributed by atoms with Crippen LogP contribution >= 0.6 is 34.7 Å². The van der Waals surface area contributed by atoms with Crippen LogP contribution in [0.1, 0.15) is 20.8 Å². The summed E-state index contributed by atoms with van der Waals surface area (Å²) < 4.78 is 31.5. The van der Waals surface area contributed by atoms with E-state index in [1.807, 2.05) is 13.8 Å². The number of carbonyl (C=O) groups is 1. The van der Waals surface area contributed by atoms with Gasteiger partial charge in [0.25, 0.3) is 0 Å². The number of carbonyl (C=O) groups excluding carboxylic acids is 1. The van der Waals surface area contributed by atoms with Gasteiger partial charge in [0.05, 0.1) is 24.1 Å². The maximum Gasteiger partial charge on any atom is 0.249 e. The minimum absolute atomic E-state index is 0.237. The second kappa shape index (κ2) is 9.29. The fraction of sp³-hybridized carbons (Fsp3) is 0.438. The molecule has 1 atom stereocenters. The molecule has 1 N–H and O–H groups in total. The van der Waals surface area contributed by atoms with Crippen LogP contribution in [-0.4, -0.2) is 49.2 Å². The number of hydrogen-bond donors (Lipinski definition) is 1. The molecule has 0 unspecified atom stereocenters. The third-order valence-corrected chi connectivity index (χ3v) is 6.92. The van der Waals surface area contributed by atoms with Gasteiger partial charge in [0.15, 0.2) is 4.34 Å². The standard InChI is InChI=1S/C16H21ClN4O4S3/c1-9(2)26-16-20-19-15(27-16)18-14(22)10(3)21(28(5,23)24)11-6-7-13(25-4)12(17)8-11/h6-10H,1-5H3,(H,18,19,22)/t10-/m1/s1. The van der Waals surface area contributed by atoms with Crippen molar-refractivity contribution in [2.75, 3.05) is 23.0 Å². The van der Waals surface area contributed by atoms with E-state index >= 15 is 0 Å². The molecule has 0 fully saturated rings. The summed E-state index contributed by atoms with van der Waals surface area (Å²) in [7, 11) is -2.31. The van der Waals surface area contributed by atoms with E-state index in [0.29, 0.717) is 16.1 Å². The van der Waals surface area contributed by atoms with E-state index in [9.17, 15) is 13.2 Å². The first-order valence-electron chi connectivity index (χ1n) is 8.17. The van der Waals surface area contributed by atoms with Gasteiger partial charge in [-0.3, -0.25) is 14.4 Å². The van der Waals surface area contributed by atoms with Gasteiger partial charge in [-0.05, 0) is 25.1 Å². The molecule has 154 valence electrons. The van der Waals surface area contributed by atoms with E-state index < -0.39 is 22.0 Å². The molecular weight excluding hydrogens is 444 g/mol. The fourth-order valence-electron chi connectivity index (χ4n) is 2.32. The maximum atomic E-state index is 12.7. The van der Waals surface area contributed by atoms with Crippen LogP contribution in [0.2, 0.25) is 5.02 Å². The van der Waals surface area contributed by atoms with Crippen LogP contribution in [0.15, 0.2) is 22.5 Å². The predicted molar refractivity (Wildman–Crippen MR) is 114 cm³/mol. The Labute approximate surface area is 177 Å². The molecule has 28 heavy (non-hydrogen) atoms. The highest BCUT2D eigenvalue weighted by molar-refractivity contribution is 8.01. The van der Waals surface area contributed by atoms with E-state index in [1.165, 1.54) is 49.3 Å². The Kier molecular flexibility index (Phi) is 7.54. The smallest absolute Gasteiger partial charge is 0.249 e. The summed E-state index contributed by atoms with van der Waals surface area (Å²) in [5.41, 5.74) is 0.254. The lowest BCUT2D eigenvalue weighted by Gasteiger charge is -2.28. The topological polar surface area (TPSA) is 101 Å². The summed E-state index contributed by atoms with van der Waals surface area (Å²) in [6, 6.07) is 3.47. The molecule has 2 aromatic rings. The molecule has 12 heteroatoms. The molecule has 0 bridgehead atoms. The van der Waals surface area contributed by atoms with E-state index in [1.54, 1.807) is 6.07 Å². The zero-order valence-electron chi connectivity index (χ0n) is 16.0. The lowest BCUT2D eigenvalue weighted by Crippen LogP contribution is -2.45. The minimum Gasteiger partial charge on any atom is -0.495 e. The third kappa shape index (κ3) is 5.72. The molecule has 2 rings (SSSR count). The second-order valence-corrected chi connectivity index (χ2v) is 11.2. The highest BCUT2D eigenvalue weighted by Crippen LogP contribution is 2.32. The van der Waals surface area contributed by atoms with E-state index in [-0.39, 0.29) is 10.7 Å². The number of ether oxygens (including phenoxy) is 1. The molecule has 1 aromatic heterocycles. The van der Waals surface area contributed by atoms with Crippen molar-refractivity contribution in [2.24, 2.45) is 0 Å². The van der Waals surface area contributed by atoms with Crippen molar-refractivity contribution in [3.8, 4) is 5.75 Å². The lowest BCUT2D eigenvalue weighted by atomic mass is 10.2. The van der Waals surface area contributed by atoms with Gasteiger partial charge in [0, 0.05) is 5.25 Å². The number of hydrogen-bond acceptors (Lipinski definition) is 8. The summed E-state index contributed by atoms with van der Waals surface area (Å²) in [6.07, 6.45) is 1.03. The molecule has 0 aliphatic carbocycles. The number of sulfonamides is 1. The summed E-state index contributed by atoms with van der Waals surface area (Å²) in [5, 5.41) is 11.4. The quantitative estimate of drug-likeness (QED) is 0.471. The van der Waals surface area contributed by atoms with Crippen molar-refractivity contribution < 1.29 is 17.9 Å². The SMILES string of the molecule is COc1ccc(N([C@H](C)C(=O)Nc2nnc(SC(C)C)s2)S(C)(=O)=O)cc1Cl. The zero-order valence-corrected chi connectivity index (χ0v) is 19.2. The van der Waals surface area contributed by atoms with Crippen LogP contribution in [0.5, 0.6) is 5.75 Å². The van der Waals surface area contributed by atoms with Gasteiger partial charge in [-0.2, -0.15) is 0 Å². The van der Waals surface area contributed by atoms with Gasteiger partial charge >= 0.3 is 0 Å². The number of nitrogens with one attached hydrogen (secondary N) is 1. The van der Waals surface area contributed by atoms with Crippen molar-refractivity contribution in [1.82, 2.24) is 10.2 Å². The van der Waals surface area contributed by atoms with Gasteiger partial charge in [0.2, 0.25) is 21.1 Å². The molecule has 8 nitrogen and oxygen atoms in total. The van der Waals surface area contributed by atoms with Crippen LogP contribution in [0.25, 0.3) is 0 Å². The third-order valence-electron chi connectivity index (χ3n) is 3.45. The maximum absolute atomic E-state index is 12.7. The Morgan fingerprint density at radius 3 is 2.54 bits per heavy atom. The number of anilines is 2. The molecule has 1 heterocycles. The highest BCUT2D eigenvalue weighted by Gasteiger charge is 2.30. The summed E-state index contributed by atoms with van der Waals surface area (Å²) >= 11 is 8.88. The number of rotatable bonds is 8. The normalized spacial score (nSPS) is 12.7. The van der Waals surface area contributed by atoms with Crippen LogP contribution in [0.4, 0.5) is 10.8 Å². The van der Waals surface area contributed by atoms with Crippen LogP contribution in [0.3, 0.4) is 0 Å². The largest absolute Gasteiger partial charge is 0.495 e. The van der Waals surface area contributed by atoms with Crippen LogP contribution in [0, 0.1) is 0 Å². The second-order valence-electron chi connectivity index (χ2n) is 6.08. The average molecular weight is 465 g/mol. The number of amides is 1. The van der Waals surface area contributed by atoms with Crippen molar-refractivity contribution in [3.05, 3.63) is 23.2 Å². The number of thioether (sulfide) groups is 1. The predicted octanol–water partition coefficient (Wildman–Crippen LogP) is 3.49. The minimum atomic E-state index is -3.77. The Morgan fingerprint density at radius 1 is 1.32 bits per heavy atom. The van der Waals surface area contributed by atoms with Gasteiger partial charge in [-0.1, -0.05) is 48.5 Å². The monoisotopic (exact) mass is 464 g/mol. The first-order valence-corrected chi connectivity index (χ1v) is 12.1. The Hall–Kier alpha value is -1.56. The summed E-state index contributed by atoms with van der Waals surface area (Å²) in [5.74, 6) is -0.130. The number of aromatic nitrogens is 2. The van der Waals surface area contributed by atoms with Crippen molar-refractivity contribution >= 4 is 61.4 Å². The van der Waals surface area contributed by atoms with E-state index in [2.05, 4.69) is 15.5 Å². The molecular formula is C16H21ClN4O4S3. The van der Waals surface area contributed by atoms with E-state index in [4.69, 9.17) is 16.3 Å². The molecule has 1 aromatic carbocycles. The van der Waals surface area contributed by atoms with Crippen LogP contribution < -0.4 is 14.4 Å². The number of nitrogens with zero attached hydrogens (tertiary/aromatic N) is 3. The lowest BCUT2D eigenvalue weighted by molar-refractivity contribution is -0.116. The van der Waals surface area contributed by atoms with Crippen molar-refractivity contribution in [3.63, 3.8) is 0 Å². The number of halogens is 1. The summed E-state index contributed by atoms with van der Waals surface area (Å²) in [6.45, 7) is 5.53. The van der Waals surface area contributed by atoms with Gasteiger partial charge < -0.3 is 4.74 Å². The molecule has 0 radical (unpaired) electrons. The van der Waals surface area contributed by atoms with Crippen molar-refractivity contribution in [2.45, 2.75) is 36.4 Å². The summed E-state index contributed by atoms with van der Waals surface area (Å²) in [4.78, 5) is 12.7. The Morgan fingerprint density at radius 2 is 2.00 bits per heavy atom. The van der Waals surface area contributed by atoms with Gasteiger partial charge in [-0.15, -0.1) is 10.2 Å². The Balaban J connectivity index is 2.25. The first-order chi connectivity index (χ1) is 13.0. The van der Waals surface area contributed by atoms with Crippen molar-refractivity contribution in [1.29, 1.82) is 0 Å². The molecule has 0 saturated carbocycles. The Bertz CT molecular complexity index is 949. The fourth-order valence-corrected chi connectivity index (χ4v) is 5.72. The molecule has 0 spiro atoms. The molecule has 1 amide bonds.